The highest BCUT2D eigenvalue weighted by molar-refractivity contribution is 9.10. The summed E-state index contributed by atoms with van der Waals surface area (Å²) in [6, 6.07) is 6.97. The molecular weight excluding hydrogens is 448 g/mol. The first kappa shape index (κ1) is 20.1. The molecule has 2 aromatic carbocycles. The van der Waals surface area contributed by atoms with Crippen LogP contribution in [-0.4, -0.2) is 41.1 Å². The van der Waals surface area contributed by atoms with E-state index in [1.807, 2.05) is 0 Å². The van der Waals surface area contributed by atoms with Gasteiger partial charge in [0.15, 0.2) is 11.5 Å². The minimum Gasteiger partial charge on any atom is -0.503 e. The maximum Gasteiger partial charge on any atom is 0.335 e. The summed E-state index contributed by atoms with van der Waals surface area (Å²) in [7, 11) is 1.35. The molecule has 10 heteroatoms. The van der Waals surface area contributed by atoms with Crippen molar-refractivity contribution in [2.24, 2.45) is 0 Å². The molecule has 2 aromatic rings. The zero-order valence-electron chi connectivity index (χ0n) is 14.8. The van der Waals surface area contributed by atoms with Gasteiger partial charge in [-0.15, -0.1) is 0 Å². The quantitative estimate of drug-likeness (QED) is 0.471. The number of carboxylic acids is 1. The monoisotopic (exact) mass is 460 g/mol. The van der Waals surface area contributed by atoms with Crippen molar-refractivity contribution >= 4 is 51.5 Å². The molecule has 3 rings (SSSR count). The number of aromatic hydroxyl groups is 1. The molecule has 0 saturated carbocycles. The van der Waals surface area contributed by atoms with Crippen molar-refractivity contribution in [1.82, 2.24) is 5.32 Å². The average Bonchev–Trinajstić information content (AvgIpc) is 2.68. The molecule has 1 aliphatic rings. The van der Waals surface area contributed by atoms with E-state index in [4.69, 9.17) is 9.84 Å². The van der Waals surface area contributed by atoms with Crippen LogP contribution in [0, 0.1) is 0 Å². The van der Waals surface area contributed by atoms with Gasteiger partial charge in [0, 0.05) is 0 Å². The Balaban J connectivity index is 2.02. The molecule has 9 nitrogen and oxygen atoms in total. The second kappa shape index (κ2) is 7.76. The molecular formula is C19H13BrN2O7. The van der Waals surface area contributed by atoms with Gasteiger partial charge in [0.05, 0.1) is 22.8 Å². The molecule has 0 radical (unpaired) electrons. The average molecular weight is 461 g/mol. The third kappa shape index (κ3) is 3.83. The largest absolute Gasteiger partial charge is 0.503 e. The van der Waals surface area contributed by atoms with E-state index in [2.05, 4.69) is 21.2 Å². The summed E-state index contributed by atoms with van der Waals surface area (Å²) in [5, 5.41) is 20.9. The SMILES string of the molecule is COc1cc(/C=C2\C(=O)NC(=O)N(c3ccc(C(=O)O)cc3)C2=O)cc(Br)c1O. The number of hydrogen-bond acceptors (Lipinski definition) is 6. The number of amides is 4. The highest BCUT2D eigenvalue weighted by Crippen LogP contribution is 2.36. The number of carbonyl (C=O) groups is 4. The summed E-state index contributed by atoms with van der Waals surface area (Å²) in [6.45, 7) is 0. The van der Waals surface area contributed by atoms with Crippen LogP contribution in [0.1, 0.15) is 15.9 Å². The molecule has 1 heterocycles. The standard InChI is InChI=1S/C19H13BrN2O7/c1-29-14-8-9(7-13(20)15(14)23)6-12-16(24)21-19(28)22(17(12)25)11-4-2-10(3-5-11)18(26)27/h2-8,23H,1H3,(H,26,27)(H,21,24,28)/b12-6+. The number of carbonyl (C=O) groups excluding carboxylic acids is 3. The fraction of sp³-hybridized carbons (Fsp3) is 0.0526. The number of ether oxygens (including phenoxy) is 1. The maximum absolute atomic E-state index is 12.8. The number of halogens is 1. The van der Waals surface area contributed by atoms with Gasteiger partial charge in [0.2, 0.25) is 0 Å². The number of phenolic OH excluding ortho intramolecular Hbond substituents is 1. The van der Waals surface area contributed by atoms with Crippen LogP contribution >= 0.6 is 15.9 Å². The van der Waals surface area contributed by atoms with Gasteiger partial charge in [-0.25, -0.2) is 14.5 Å². The van der Waals surface area contributed by atoms with Crippen LogP contribution in [0.2, 0.25) is 0 Å². The number of phenols is 1. The lowest BCUT2D eigenvalue weighted by Crippen LogP contribution is -2.54. The van der Waals surface area contributed by atoms with E-state index in [1.165, 1.54) is 49.6 Å². The molecule has 3 N–H and O–H groups in total. The Kier molecular flexibility index (Phi) is 5.37. The number of barbiturate groups is 1. The summed E-state index contributed by atoms with van der Waals surface area (Å²) in [6.07, 6.45) is 1.25. The van der Waals surface area contributed by atoms with Crippen molar-refractivity contribution in [3.63, 3.8) is 0 Å². The Morgan fingerprint density at radius 1 is 1.17 bits per heavy atom. The number of nitrogens with one attached hydrogen (secondary N) is 1. The molecule has 1 aliphatic heterocycles. The first-order chi connectivity index (χ1) is 13.7. The smallest absolute Gasteiger partial charge is 0.335 e. The number of hydrogen-bond donors (Lipinski definition) is 3. The van der Waals surface area contributed by atoms with Crippen LogP contribution in [0.3, 0.4) is 0 Å². The predicted molar refractivity (Wildman–Crippen MR) is 105 cm³/mol. The van der Waals surface area contributed by atoms with E-state index in [1.54, 1.807) is 0 Å². The van der Waals surface area contributed by atoms with Crippen molar-refractivity contribution in [3.8, 4) is 11.5 Å². The summed E-state index contributed by atoms with van der Waals surface area (Å²) in [5.74, 6) is -2.96. The molecule has 4 amide bonds. The number of rotatable bonds is 4. The fourth-order valence-electron chi connectivity index (χ4n) is 2.64. The minimum atomic E-state index is -1.16. The number of anilines is 1. The maximum atomic E-state index is 12.8. The second-order valence-electron chi connectivity index (χ2n) is 5.86. The summed E-state index contributed by atoms with van der Waals surface area (Å²) in [4.78, 5) is 49.0. The molecule has 0 spiro atoms. The van der Waals surface area contributed by atoms with E-state index in [0.29, 0.717) is 5.56 Å². The van der Waals surface area contributed by atoms with Gasteiger partial charge in [-0.3, -0.25) is 14.9 Å². The third-order valence-electron chi connectivity index (χ3n) is 4.06. The summed E-state index contributed by atoms with van der Waals surface area (Å²) in [5.41, 5.74) is 0.110. The molecule has 0 aromatic heterocycles. The van der Waals surface area contributed by atoms with Crippen molar-refractivity contribution in [2.45, 2.75) is 0 Å². The Hall–Kier alpha value is -3.66. The highest BCUT2D eigenvalue weighted by atomic mass is 79.9. The molecule has 1 saturated heterocycles. The van der Waals surface area contributed by atoms with E-state index >= 15 is 0 Å². The Labute approximate surface area is 172 Å². The van der Waals surface area contributed by atoms with Gasteiger partial charge in [0.1, 0.15) is 5.57 Å². The van der Waals surface area contributed by atoms with Crippen molar-refractivity contribution in [2.75, 3.05) is 12.0 Å². The number of aromatic carboxylic acids is 1. The van der Waals surface area contributed by atoms with E-state index in [9.17, 15) is 24.3 Å². The zero-order valence-corrected chi connectivity index (χ0v) is 16.4. The summed E-state index contributed by atoms with van der Waals surface area (Å²) < 4.78 is 5.32. The Morgan fingerprint density at radius 2 is 1.83 bits per heavy atom. The lowest BCUT2D eigenvalue weighted by molar-refractivity contribution is -0.122. The lowest BCUT2D eigenvalue weighted by Gasteiger charge is -2.26. The van der Waals surface area contributed by atoms with Gasteiger partial charge in [0.25, 0.3) is 11.8 Å². The van der Waals surface area contributed by atoms with Crippen LogP contribution < -0.4 is 15.0 Å². The van der Waals surface area contributed by atoms with Crippen LogP contribution in [0.25, 0.3) is 6.08 Å². The van der Waals surface area contributed by atoms with Crippen molar-refractivity contribution in [3.05, 3.63) is 57.6 Å². The van der Waals surface area contributed by atoms with Gasteiger partial charge >= 0.3 is 12.0 Å². The predicted octanol–water partition coefficient (Wildman–Crippen LogP) is 2.53. The number of imide groups is 2. The summed E-state index contributed by atoms with van der Waals surface area (Å²) >= 11 is 3.15. The lowest BCUT2D eigenvalue weighted by atomic mass is 10.1. The normalized spacial score (nSPS) is 15.4. The van der Waals surface area contributed by atoms with E-state index < -0.39 is 23.8 Å². The molecule has 0 aliphatic carbocycles. The molecule has 1 fully saturated rings. The Morgan fingerprint density at radius 3 is 2.41 bits per heavy atom. The number of carboxylic acid groups (broad SMARTS) is 1. The number of urea groups is 1. The molecule has 0 unspecified atom stereocenters. The topological polar surface area (TPSA) is 133 Å². The van der Waals surface area contributed by atoms with Crippen LogP contribution in [-0.2, 0) is 9.59 Å². The van der Waals surface area contributed by atoms with Crippen LogP contribution in [0.5, 0.6) is 11.5 Å². The fourth-order valence-corrected chi connectivity index (χ4v) is 3.10. The number of methoxy groups -OCH3 is 1. The molecule has 0 bridgehead atoms. The van der Waals surface area contributed by atoms with Crippen molar-refractivity contribution < 1.29 is 34.1 Å². The number of nitrogens with zero attached hydrogens (tertiary/aromatic N) is 1. The molecule has 148 valence electrons. The van der Waals surface area contributed by atoms with Gasteiger partial charge in [-0.1, -0.05) is 0 Å². The van der Waals surface area contributed by atoms with Crippen LogP contribution in [0.15, 0.2) is 46.4 Å². The van der Waals surface area contributed by atoms with Gasteiger partial charge < -0.3 is 14.9 Å². The third-order valence-corrected chi connectivity index (χ3v) is 4.66. The minimum absolute atomic E-state index is 0.0218. The highest BCUT2D eigenvalue weighted by Gasteiger charge is 2.36. The second-order valence-corrected chi connectivity index (χ2v) is 6.72. The first-order valence-corrected chi connectivity index (χ1v) is 8.83. The van der Waals surface area contributed by atoms with E-state index in [0.717, 1.165) is 4.90 Å². The zero-order chi connectivity index (χ0) is 21.3. The van der Waals surface area contributed by atoms with Crippen LogP contribution in [0.4, 0.5) is 10.5 Å². The molecule has 0 atom stereocenters. The molecule has 29 heavy (non-hydrogen) atoms. The number of benzene rings is 2. The van der Waals surface area contributed by atoms with Gasteiger partial charge in [-0.05, 0) is 64.0 Å². The van der Waals surface area contributed by atoms with E-state index in [-0.39, 0.29) is 32.8 Å². The van der Waals surface area contributed by atoms with Crippen molar-refractivity contribution in [1.29, 1.82) is 0 Å². The first-order valence-electron chi connectivity index (χ1n) is 8.04. The Bertz CT molecular complexity index is 1080. The van der Waals surface area contributed by atoms with Gasteiger partial charge in [-0.2, -0.15) is 0 Å².